The smallest absolute Gasteiger partial charge is 0.338 e. The Morgan fingerprint density at radius 1 is 1.11 bits per heavy atom. The van der Waals surface area contributed by atoms with Gasteiger partial charge >= 0.3 is 5.97 Å². The van der Waals surface area contributed by atoms with Gasteiger partial charge in [-0.05, 0) is 37.6 Å². The van der Waals surface area contributed by atoms with Gasteiger partial charge in [0, 0.05) is 31.9 Å². The summed E-state index contributed by atoms with van der Waals surface area (Å²) in [5.41, 5.74) is 1.03. The van der Waals surface area contributed by atoms with Crippen molar-refractivity contribution in [3.8, 4) is 0 Å². The first kappa shape index (κ1) is 20.3. The number of hydrogen-bond donors (Lipinski definition) is 2. The second-order valence-corrected chi connectivity index (χ2v) is 6.98. The molecule has 1 aliphatic carbocycles. The number of anilines is 1. The zero-order valence-electron chi connectivity index (χ0n) is 16.1. The Morgan fingerprint density at radius 3 is 2.46 bits per heavy atom. The van der Waals surface area contributed by atoms with Gasteiger partial charge in [0.05, 0.1) is 37.2 Å². The molecule has 2 amide bonds. The molecule has 28 heavy (non-hydrogen) atoms. The molecule has 0 spiro atoms. The molecular formula is C20H27N3O5. The molecule has 1 saturated heterocycles. The van der Waals surface area contributed by atoms with E-state index < -0.39 is 5.97 Å². The number of carbonyl (C=O) groups is 3. The molecule has 8 heteroatoms. The number of nitrogens with zero attached hydrogens (tertiary/aromatic N) is 1. The summed E-state index contributed by atoms with van der Waals surface area (Å²) in [6.45, 7) is 6.69. The van der Waals surface area contributed by atoms with E-state index in [0.717, 1.165) is 32.8 Å². The number of hydrogen-bond acceptors (Lipinski definition) is 6. The standard InChI is InChI=1S/C20H27N3O5/c1-2-28-20(26)14-3-5-15(6-4-14)22-19(25)17-13-16(17)18(24)21-7-8-23-9-11-27-12-10-23/h3-6,16-17H,2,7-13H2,1H3,(H,21,24)(H,22,25). The molecule has 2 fully saturated rings. The number of amides is 2. The lowest BCUT2D eigenvalue weighted by molar-refractivity contribution is -0.125. The summed E-state index contributed by atoms with van der Waals surface area (Å²) in [5.74, 6) is -1.18. The van der Waals surface area contributed by atoms with Gasteiger partial charge in [0.15, 0.2) is 0 Å². The minimum atomic E-state index is -0.392. The second-order valence-electron chi connectivity index (χ2n) is 6.98. The number of morpholine rings is 1. The second kappa shape index (κ2) is 9.66. The normalized spacial score (nSPS) is 21.6. The van der Waals surface area contributed by atoms with Crippen LogP contribution >= 0.6 is 0 Å². The fourth-order valence-corrected chi connectivity index (χ4v) is 3.21. The Hall–Kier alpha value is -2.45. The van der Waals surface area contributed by atoms with Crippen molar-refractivity contribution in [3.63, 3.8) is 0 Å². The van der Waals surface area contributed by atoms with Crippen molar-refractivity contribution in [3.05, 3.63) is 29.8 Å². The molecule has 1 aromatic rings. The highest BCUT2D eigenvalue weighted by Crippen LogP contribution is 2.39. The van der Waals surface area contributed by atoms with E-state index in [1.165, 1.54) is 0 Å². The van der Waals surface area contributed by atoms with Crippen molar-refractivity contribution in [2.45, 2.75) is 13.3 Å². The first-order chi connectivity index (χ1) is 13.6. The van der Waals surface area contributed by atoms with E-state index in [1.807, 2.05) is 0 Å². The van der Waals surface area contributed by atoms with Crippen LogP contribution in [0.2, 0.25) is 0 Å². The van der Waals surface area contributed by atoms with Crippen LogP contribution in [0.4, 0.5) is 5.69 Å². The molecule has 2 N–H and O–H groups in total. The molecule has 0 bridgehead atoms. The summed E-state index contributed by atoms with van der Waals surface area (Å²) < 4.78 is 10.2. The first-order valence-corrected chi connectivity index (χ1v) is 9.74. The molecule has 3 rings (SSSR count). The van der Waals surface area contributed by atoms with Gasteiger partial charge in [-0.1, -0.05) is 0 Å². The monoisotopic (exact) mass is 389 g/mol. The van der Waals surface area contributed by atoms with Crippen LogP contribution in [0.3, 0.4) is 0 Å². The lowest BCUT2D eigenvalue weighted by Gasteiger charge is -2.26. The highest BCUT2D eigenvalue weighted by molar-refractivity contribution is 5.99. The van der Waals surface area contributed by atoms with Gasteiger partial charge in [-0.15, -0.1) is 0 Å². The lowest BCUT2D eigenvalue weighted by Crippen LogP contribution is -2.41. The molecular weight excluding hydrogens is 362 g/mol. The third-order valence-electron chi connectivity index (χ3n) is 4.96. The average Bonchev–Trinajstić information content (AvgIpc) is 3.51. The summed E-state index contributed by atoms with van der Waals surface area (Å²) in [4.78, 5) is 38.4. The van der Waals surface area contributed by atoms with E-state index in [2.05, 4.69) is 15.5 Å². The highest BCUT2D eigenvalue weighted by Gasteiger charge is 2.47. The molecule has 1 aliphatic heterocycles. The minimum Gasteiger partial charge on any atom is -0.462 e. The van der Waals surface area contributed by atoms with Crippen molar-refractivity contribution >= 4 is 23.5 Å². The van der Waals surface area contributed by atoms with Crippen molar-refractivity contribution < 1.29 is 23.9 Å². The predicted octanol–water partition coefficient (Wildman–Crippen LogP) is 0.886. The molecule has 2 aliphatic rings. The summed E-state index contributed by atoms with van der Waals surface area (Å²) in [6, 6.07) is 6.53. The van der Waals surface area contributed by atoms with Gasteiger partial charge < -0.3 is 20.1 Å². The fraction of sp³-hybridized carbons (Fsp3) is 0.550. The highest BCUT2D eigenvalue weighted by atomic mass is 16.5. The molecule has 152 valence electrons. The number of benzene rings is 1. The molecule has 8 nitrogen and oxygen atoms in total. The van der Waals surface area contributed by atoms with Crippen molar-refractivity contribution in [2.75, 3.05) is 51.3 Å². The SMILES string of the molecule is CCOC(=O)c1ccc(NC(=O)C2CC2C(=O)NCCN2CCOCC2)cc1. The van der Waals surface area contributed by atoms with Gasteiger partial charge in [-0.2, -0.15) is 0 Å². The van der Waals surface area contributed by atoms with Gasteiger partial charge in [-0.3, -0.25) is 14.5 Å². The maximum atomic E-state index is 12.3. The van der Waals surface area contributed by atoms with Crippen LogP contribution in [0, 0.1) is 11.8 Å². The maximum absolute atomic E-state index is 12.3. The van der Waals surface area contributed by atoms with Gasteiger partial charge in [0.25, 0.3) is 0 Å². The predicted molar refractivity (Wildman–Crippen MR) is 103 cm³/mol. The third kappa shape index (κ3) is 5.53. The van der Waals surface area contributed by atoms with Crippen LogP contribution in [-0.4, -0.2) is 68.7 Å². The third-order valence-corrected chi connectivity index (χ3v) is 4.96. The van der Waals surface area contributed by atoms with Crippen LogP contribution < -0.4 is 10.6 Å². The number of carbonyl (C=O) groups excluding carboxylic acids is 3. The van der Waals surface area contributed by atoms with Crippen LogP contribution in [0.5, 0.6) is 0 Å². The maximum Gasteiger partial charge on any atom is 0.338 e. The zero-order valence-corrected chi connectivity index (χ0v) is 16.1. The van der Waals surface area contributed by atoms with Crippen LogP contribution in [0.1, 0.15) is 23.7 Å². The van der Waals surface area contributed by atoms with E-state index >= 15 is 0 Å². The van der Waals surface area contributed by atoms with Crippen molar-refractivity contribution in [1.82, 2.24) is 10.2 Å². The first-order valence-electron chi connectivity index (χ1n) is 9.74. The van der Waals surface area contributed by atoms with Gasteiger partial charge in [0.1, 0.15) is 0 Å². The summed E-state index contributed by atoms with van der Waals surface area (Å²) in [5, 5.41) is 5.72. The number of ether oxygens (including phenoxy) is 2. The quantitative estimate of drug-likeness (QED) is 0.641. The molecule has 0 radical (unpaired) electrons. The van der Waals surface area contributed by atoms with Crippen molar-refractivity contribution in [2.24, 2.45) is 11.8 Å². The fourth-order valence-electron chi connectivity index (χ4n) is 3.21. The Kier molecular flexibility index (Phi) is 7.00. The number of esters is 1. The van der Waals surface area contributed by atoms with E-state index in [1.54, 1.807) is 31.2 Å². The van der Waals surface area contributed by atoms with E-state index in [9.17, 15) is 14.4 Å². The van der Waals surface area contributed by atoms with E-state index in [0.29, 0.717) is 30.8 Å². The molecule has 2 atom stereocenters. The zero-order chi connectivity index (χ0) is 19.9. The number of rotatable bonds is 8. The molecule has 1 aromatic carbocycles. The average molecular weight is 389 g/mol. The van der Waals surface area contributed by atoms with E-state index in [4.69, 9.17) is 9.47 Å². The Morgan fingerprint density at radius 2 is 1.79 bits per heavy atom. The Bertz CT molecular complexity index is 700. The van der Waals surface area contributed by atoms with Crippen LogP contribution in [-0.2, 0) is 19.1 Å². The Balaban J connectivity index is 1.38. The summed E-state index contributed by atoms with van der Waals surface area (Å²) in [7, 11) is 0. The summed E-state index contributed by atoms with van der Waals surface area (Å²) >= 11 is 0. The largest absolute Gasteiger partial charge is 0.462 e. The lowest BCUT2D eigenvalue weighted by atomic mass is 10.2. The van der Waals surface area contributed by atoms with E-state index in [-0.39, 0.29) is 23.7 Å². The van der Waals surface area contributed by atoms with Crippen LogP contribution in [0.15, 0.2) is 24.3 Å². The topological polar surface area (TPSA) is 97.0 Å². The number of nitrogens with one attached hydrogen (secondary N) is 2. The van der Waals surface area contributed by atoms with Gasteiger partial charge in [0.2, 0.25) is 11.8 Å². The molecule has 2 unspecified atom stereocenters. The minimum absolute atomic E-state index is 0.0638. The van der Waals surface area contributed by atoms with Crippen LogP contribution in [0.25, 0.3) is 0 Å². The van der Waals surface area contributed by atoms with Crippen molar-refractivity contribution in [1.29, 1.82) is 0 Å². The Labute approximate surface area is 164 Å². The molecule has 1 saturated carbocycles. The molecule has 0 aromatic heterocycles. The summed E-state index contributed by atoms with van der Waals surface area (Å²) in [6.07, 6.45) is 0.566. The van der Waals surface area contributed by atoms with Gasteiger partial charge in [-0.25, -0.2) is 4.79 Å². The molecule has 1 heterocycles.